The van der Waals surface area contributed by atoms with Gasteiger partial charge in [-0.15, -0.1) is 0 Å². The van der Waals surface area contributed by atoms with Gasteiger partial charge in [-0.05, 0) is 79.7 Å². The molecule has 0 bridgehead atoms. The number of aromatic nitrogens is 1. The maximum Gasteiger partial charge on any atom is 0.160 e. The van der Waals surface area contributed by atoms with Crippen molar-refractivity contribution in [3.05, 3.63) is 99.3 Å². The van der Waals surface area contributed by atoms with Gasteiger partial charge in [-0.2, -0.15) is 0 Å². The predicted octanol–water partition coefficient (Wildman–Crippen LogP) is 5.78. The van der Waals surface area contributed by atoms with Crippen LogP contribution in [0.25, 0.3) is 11.1 Å². The summed E-state index contributed by atoms with van der Waals surface area (Å²) >= 11 is 3.60. The molecule has 0 unspecified atom stereocenters. The molecule has 0 amide bonds. The Labute approximate surface area is 209 Å². The van der Waals surface area contributed by atoms with Crippen LogP contribution in [-0.4, -0.2) is 31.6 Å². The molecule has 0 radical (unpaired) electrons. The number of likely N-dealkylation sites (N-methyl/N-ethyl adjacent to an activating group) is 1. The zero-order chi connectivity index (χ0) is 24.3. The molecule has 3 aromatic rings. The second-order valence-electron chi connectivity index (χ2n) is 7.82. The molecule has 0 saturated carbocycles. The van der Waals surface area contributed by atoms with Crippen molar-refractivity contribution in [1.29, 1.82) is 0 Å². The lowest BCUT2D eigenvalue weighted by Gasteiger charge is -2.13. The van der Waals surface area contributed by atoms with Crippen LogP contribution in [0.1, 0.15) is 22.4 Å². The van der Waals surface area contributed by atoms with Crippen molar-refractivity contribution >= 4 is 29.0 Å². The van der Waals surface area contributed by atoms with Gasteiger partial charge in [0.25, 0.3) is 0 Å². The normalized spacial score (nSPS) is 12.0. The fourth-order valence-electron chi connectivity index (χ4n) is 3.59. The Hall–Kier alpha value is -3.16. The summed E-state index contributed by atoms with van der Waals surface area (Å²) in [5, 5.41) is 6.27. The summed E-state index contributed by atoms with van der Waals surface area (Å²) < 4.78 is 16.3. The number of halogens is 2. The fourth-order valence-corrected chi connectivity index (χ4v) is 4.19. The molecule has 7 heteroatoms. The first-order valence-electron chi connectivity index (χ1n) is 11.1. The Morgan fingerprint density at radius 1 is 1.15 bits per heavy atom. The van der Waals surface area contributed by atoms with Crippen molar-refractivity contribution in [2.75, 3.05) is 13.6 Å². The lowest BCUT2D eigenvalue weighted by Crippen LogP contribution is -2.15. The first-order valence-corrected chi connectivity index (χ1v) is 11.8. The van der Waals surface area contributed by atoms with E-state index in [1.807, 2.05) is 56.4 Å². The van der Waals surface area contributed by atoms with Crippen LogP contribution in [0, 0.1) is 6.92 Å². The van der Waals surface area contributed by atoms with E-state index in [1.165, 1.54) is 6.34 Å². The standard InChI is InChI=1S/C27H29BrFN5/c1-19-15-22(11-14-32-19)21-9-7-20(8-10-21)17-33-27(34-18-31-3)26(29)16-23-5-4-6-25(28)24(23)12-13-30-2/h4-11,14-15,18,30,33H,3,12-13,16-17H2,1-2H3/b27-26+,34-18?. The van der Waals surface area contributed by atoms with Crippen LogP contribution in [0.5, 0.6) is 0 Å². The maximum absolute atomic E-state index is 15.3. The molecule has 176 valence electrons. The molecule has 1 aromatic heterocycles. The number of hydrogen-bond acceptors (Lipinski definition) is 4. The quantitative estimate of drug-likeness (QED) is 0.248. The molecule has 5 nitrogen and oxygen atoms in total. The summed E-state index contributed by atoms with van der Waals surface area (Å²) in [5.74, 6) is -0.201. The molecule has 3 rings (SSSR count). The Balaban J connectivity index is 1.76. The summed E-state index contributed by atoms with van der Waals surface area (Å²) in [6, 6.07) is 18.0. The van der Waals surface area contributed by atoms with Crippen molar-refractivity contribution in [2.45, 2.75) is 26.3 Å². The van der Waals surface area contributed by atoms with Crippen LogP contribution in [0.15, 0.2) is 86.9 Å². The van der Waals surface area contributed by atoms with Crippen LogP contribution in [0.4, 0.5) is 4.39 Å². The minimum absolute atomic E-state index is 0.135. The average Bonchev–Trinajstić information content (AvgIpc) is 2.84. The van der Waals surface area contributed by atoms with Gasteiger partial charge in [0, 0.05) is 29.3 Å². The summed E-state index contributed by atoms with van der Waals surface area (Å²) in [5.41, 5.74) is 6.21. The van der Waals surface area contributed by atoms with Crippen LogP contribution in [0.2, 0.25) is 0 Å². The lowest BCUT2D eigenvalue weighted by atomic mass is 10.0. The molecule has 0 spiro atoms. The van der Waals surface area contributed by atoms with Crippen LogP contribution in [-0.2, 0) is 19.4 Å². The van der Waals surface area contributed by atoms with Crippen LogP contribution < -0.4 is 10.6 Å². The third-order valence-electron chi connectivity index (χ3n) is 5.36. The molecule has 2 N–H and O–H groups in total. The molecule has 0 aliphatic heterocycles. The highest BCUT2D eigenvalue weighted by atomic mass is 79.9. The van der Waals surface area contributed by atoms with Crippen molar-refractivity contribution in [3.63, 3.8) is 0 Å². The third-order valence-corrected chi connectivity index (χ3v) is 6.10. The SMILES string of the molecule is C=NC=N/C(NCc1ccc(-c2ccnc(C)c2)cc1)=C(/F)Cc1cccc(Br)c1CCNC. The second kappa shape index (κ2) is 12.9. The first kappa shape index (κ1) is 25.5. The van der Waals surface area contributed by atoms with Gasteiger partial charge in [-0.25, -0.2) is 9.38 Å². The van der Waals surface area contributed by atoms with Gasteiger partial charge in [-0.3, -0.25) is 9.98 Å². The third kappa shape index (κ3) is 7.17. The summed E-state index contributed by atoms with van der Waals surface area (Å²) in [4.78, 5) is 12.0. The van der Waals surface area contributed by atoms with Gasteiger partial charge in [0.2, 0.25) is 0 Å². The molecular weight excluding hydrogens is 493 g/mol. The smallest absolute Gasteiger partial charge is 0.160 e. The van der Waals surface area contributed by atoms with Gasteiger partial charge in [0.1, 0.15) is 12.2 Å². The summed E-state index contributed by atoms with van der Waals surface area (Å²) in [6.07, 6.45) is 3.99. The van der Waals surface area contributed by atoms with E-state index in [0.717, 1.165) is 50.9 Å². The minimum Gasteiger partial charge on any atom is -0.364 e. The molecule has 0 saturated heterocycles. The molecule has 0 aliphatic carbocycles. The number of benzene rings is 2. The lowest BCUT2D eigenvalue weighted by molar-refractivity contribution is 0.575. The van der Waals surface area contributed by atoms with E-state index in [9.17, 15) is 0 Å². The van der Waals surface area contributed by atoms with Crippen LogP contribution >= 0.6 is 15.9 Å². The van der Waals surface area contributed by atoms with Crippen molar-refractivity contribution in [3.8, 4) is 11.1 Å². The number of pyridine rings is 1. The highest BCUT2D eigenvalue weighted by Crippen LogP contribution is 2.25. The van der Waals surface area contributed by atoms with Crippen molar-refractivity contribution in [1.82, 2.24) is 15.6 Å². The Morgan fingerprint density at radius 3 is 2.65 bits per heavy atom. The molecule has 0 aliphatic rings. The van der Waals surface area contributed by atoms with E-state index in [0.29, 0.717) is 6.54 Å². The zero-order valence-electron chi connectivity index (χ0n) is 19.5. The largest absolute Gasteiger partial charge is 0.364 e. The highest BCUT2D eigenvalue weighted by Gasteiger charge is 2.12. The molecule has 0 fully saturated rings. The van der Waals surface area contributed by atoms with Gasteiger partial charge >= 0.3 is 0 Å². The Kier molecular flexibility index (Phi) is 9.67. The van der Waals surface area contributed by atoms with E-state index in [4.69, 9.17) is 0 Å². The summed E-state index contributed by atoms with van der Waals surface area (Å²) in [7, 11) is 1.90. The number of aliphatic imine (C=N–C) groups is 2. The van der Waals surface area contributed by atoms with Gasteiger partial charge in [0.05, 0.1) is 0 Å². The summed E-state index contributed by atoms with van der Waals surface area (Å²) in [6.45, 7) is 6.62. The van der Waals surface area contributed by atoms with E-state index < -0.39 is 0 Å². The number of aryl methyl sites for hydroxylation is 1. The van der Waals surface area contributed by atoms with Gasteiger partial charge in [0.15, 0.2) is 5.82 Å². The molecule has 34 heavy (non-hydrogen) atoms. The second-order valence-corrected chi connectivity index (χ2v) is 8.68. The van der Waals surface area contributed by atoms with Crippen molar-refractivity contribution in [2.24, 2.45) is 9.98 Å². The Bertz CT molecular complexity index is 1170. The number of allylic oxidation sites excluding steroid dienone is 1. The Morgan fingerprint density at radius 2 is 1.94 bits per heavy atom. The number of hydrogen-bond donors (Lipinski definition) is 2. The zero-order valence-corrected chi connectivity index (χ0v) is 21.1. The number of rotatable bonds is 11. The minimum atomic E-state index is -0.354. The van der Waals surface area contributed by atoms with Gasteiger partial charge in [-0.1, -0.05) is 52.3 Å². The number of nitrogens with zero attached hydrogens (tertiary/aromatic N) is 3. The molecule has 1 heterocycles. The van der Waals surface area contributed by atoms with Crippen molar-refractivity contribution < 1.29 is 4.39 Å². The average molecular weight is 522 g/mol. The first-order chi connectivity index (χ1) is 16.5. The van der Waals surface area contributed by atoms with E-state index in [2.05, 4.69) is 60.4 Å². The van der Waals surface area contributed by atoms with E-state index in [-0.39, 0.29) is 18.1 Å². The van der Waals surface area contributed by atoms with E-state index >= 15 is 4.39 Å². The topological polar surface area (TPSA) is 61.7 Å². The molecular formula is C27H29BrFN5. The molecule has 2 aromatic carbocycles. The monoisotopic (exact) mass is 521 g/mol. The van der Waals surface area contributed by atoms with Gasteiger partial charge < -0.3 is 10.6 Å². The predicted molar refractivity (Wildman–Crippen MR) is 143 cm³/mol. The number of nitrogens with one attached hydrogen (secondary N) is 2. The highest BCUT2D eigenvalue weighted by molar-refractivity contribution is 9.10. The maximum atomic E-state index is 15.3. The van der Waals surface area contributed by atoms with Crippen LogP contribution in [0.3, 0.4) is 0 Å². The molecule has 0 atom stereocenters. The van der Waals surface area contributed by atoms with E-state index in [1.54, 1.807) is 6.20 Å². The fraction of sp³-hybridized carbons (Fsp3) is 0.222.